The Balaban J connectivity index is 2.94. The van der Waals surface area contributed by atoms with Gasteiger partial charge in [-0.15, -0.1) is 11.3 Å². The fourth-order valence-corrected chi connectivity index (χ4v) is 3.87. The summed E-state index contributed by atoms with van der Waals surface area (Å²) in [5.41, 5.74) is 2.03. The van der Waals surface area contributed by atoms with Crippen LogP contribution in [0.2, 0.25) is 0 Å². The van der Waals surface area contributed by atoms with Crippen molar-refractivity contribution >= 4 is 43.2 Å². The van der Waals surface area contributed by atoms with Crippen LogP contribution in [0.15, 0.2) is 25.3 Å². The van der Waals surface area contributed by atoms with Crippen molar-refractivity contribution in [2.45, 2.75) is 20.0 Å². The zero-order valence-electron chi connectivity index (χ0n) is 7.34. The Morgan fingerprint density at radius 2 is 2.15 bits per heavy atom. The molecule has 0 aliphatic carbocycles. The van der Waals surface area contributed by atoms with Crippen molar-refractivity contribution in [3.05, 3.63) is 30.9 Å². The van der Waals surface area contributed by atoms with Crippen molar-refractivity contribution in [1.29, 1.82) is 0 Å². The molecule has 1 unspecified atom stereocenters. The number of aliphatic hydroxyl groups excluding tert-OH is 1. The lowest BCUT2D eigenvalue weighted by atomic mass is 10.1. The molecular weight excluding hydrogens is 316 g/mol. The molecule has 0 saturated carbocycles. The maximum atomic E-state index is 9.76. The number of allylic oxidation sites excluding steroid dienone is 1. The van der Waals surface area contributed by atoms with E-state index in [4.69, 9.17) is 0 Å². The van der Waals surface area contributed by atoms with Crippen molar-refractivity contribution in [1.82, 2.24) is 0 Å². The van der Waals surface area contributed by atoms with Gasteiger partial charge in [0.15, 0.2) is 0 Å². The van der Waals surface area contributed by atoms with E-state index in [0.717, 1.165) is 18.7 Å². The van der Waals surface area contributed by atoms with Crippen molar-refractivity contribution in [3.8, 4) is 0 Å². The summed E-state index contributed by atoms with van der Waals surface area (Å²) in [6, 6.07) is 1.93. The molecule has 72 valence electrons. The van der Waals surface area contributed by atoms with Crippen LogP contribution in [0.5, 0.6) is 0 Å². The van der Waals surface area contributed by atoms with Gasteiger partial charge in [0.25, 0.3) is 0 Å². The molecular formula is C9H10Br2OS. The molecule has 13 heavy (non-hydrogen) atoms. The van der Waals surface area contributed by atoms with Gasteiger partial charge in [-0.25, -0.2) is 0 Å². The summed E-state index contributed by atoms with van der Waals surface area (Å²) in [6.07, 6.45) is 1.32. The second kappa shape index (κ2) is 4.73. The lowest BCUT2D eigenvalue weighted by Crippen LogP contribution is -1.91. The molecule has 1 nitrogen and oxygen atoms in total. The van der Waals surface area contributed by atoms with Gasteiger partial charge in [0, 0.05) is 5.56 Å². The molecule has 0 amide bonds. The second-order valence-corrected chi connectivity index (χ2v) is 6.72. The van der Waals surface area contributed by atoms with Crippen LogP contribution in [0.25, 0.3) is 0 Å². The van der Waals surface area contributed by atoms with Crippen molar-refractivity contribution in [2.75, 3.05) is 0 Å². The summed E-state index contributed by atoms with van der Waals surface area (Å²) < 4.78 is 2.00. The molecule has 0 saturated heterocycles. The molecule has 4 heteroatoms. The predicted molar refractivity (Wildman–Crippen MR) is 64.1 cm³/mol. The predicted octanol–water partition coefficient (Wildman–Crippen LogP) is 4.27. The Morgan fingerprint density at radius 1 is 1.54 bits per heavy atom. The van der Waals surface area contributed by atoms with Gasteiger partial charge < -0.3 is 5.11 Å². The molecule has 1 atom stereocenters. The smallest absolute Gasteiger partial charge is 0.0993 e. The van der Waals surface area contributed by atoms with Crippen LogP contribution in [0, 0.1) is 0 Å². The van der Waals surface area contributed by atoms with E-state index in [9.17, 15) is 5.11 Å². The van der Waals surface area contributed by atoms with Crippen molar-refractivity contribution in [3.63, 3.8) is 0 Å². The monoisotopic (exact) mass is 324 g/mol. The van der Waals surface area contributed by atoms with Crippen LogP contribution in [-0.4, -0.2) is 5.11 Å². The molecule has 1 aromatic heterocycles. The molecule has 1 heterocycles. The van der Waals surface area contributed by atoms with Crippen LogP contribution in [0.3, 0.4) is 0 Å². The standard InChI is InChI=1S/C9H10Br2OS/c1-5(2)3-7(12)6-4-8(10)13-9(6)11/h3-4,7,12H,1-2H3. The van der Waals surface area contributed by atoms with Gasteiger partial charge in [-0.2, -0.15) is 0 Å². The number of hydrogen-bond donors (Lipinski definition) is 1. The molecule has 0 spiro atoms. The number of rotatable bonds is 2. The van der Waals surface area contributed by atoms with E-state index in [1.165, 1.54) is 0 Å². The Bertz CT molecular complexity index is 326. The quantitative estimate of drug-likeness (QED) is 0.805. The fraction of sp³-hybridized carbons (Fsp3) is 0.333. The van der Waals surface area contributed by atoms with E-state index >= 15 is 0 Å². The Labute approximate surface area is 98.7 Å². The summed E-state index contributed by atoms with van der Waals surface area (Å²) in [5.74, 6) is 0. The molecule has 1 rings (SSSR count). The highest BCUT2D eigenvalue weighted by Crippen LogP contribution is 2.36. The van der Waals surface area contributed by atoms with Gasteiger partial charge in [0.2, 0.25) is 0 Å². The average molecular weight is 326 g/mol. The van der Waals surface area contributed by atoms with E-state index in [-0.39, 0.29) is 0 Å². The largest absolute Gasteiger partial charge is 0.384 e. The first-order valence-corrected chi connectivity index (χ1v) is 6.18. The summed E-state index contributed by atoms with van der Waals surface area (Å²) in [5, 5.41) is 9.76. The average Bonchev–Trinajstić information content (AvgIpc) is 2.28. The van der Waals surface area contributed by atoms with E-state index in [2.05, 4.69) is 31.9 Å². The molecule has 1 N–H and O–H groups in total. The summed E-state index contributed by atoms with van der Waals surface area (Å²) in [4.78, 5) is 0. The third-order valence-electron chi connectivity index (χ3n) is 1.49. The summed E-state index contributed by atoms with van der Waals surface area (Å²) >= 11 is 8.35. The normalized spacial score (nSPS) is 12.7. The number of hydrogen-bond acceptors (Lipinski definition) is 2. The van der Waals surface area contributed by atoms with Gasteiger partial charge in [0.1, 0.15) is 0 Å². The minimum absolute atomic E-state index is 0.512. The van der Waals surface area contributed by atoms with E-state index in [0.29, 0.717) is 0 Å². The van der Waals surface area contributed by atoms with Gasteiger partial charge in [-0.1, -0.05) is 11.6 Å². The molecule has 1 aromatic rings. The van der Waals surface area contributed by atoms with Crippen LogP contribution in [0.4, 0.5) is 0 Å². The third kappa shape index (κ3) is 3.20. The zero-order valence-corrected chi connectivity index (χ0v) is 11.3. The van der Waals surface area contributed by atoms with E-state index < -0.39 is 6.10 Å². The van der Waals surface area contributed by atoms with Crippen LogP contribution in [-0.2, 0) is 0 Å². The highest BCUT2D eigenvalue weighted by Gasteiger charge is 2.11. The van der Waals surface area contributed by atoms with Gasteiger partial charge in [0.05, 0.1) is 13.7 Å². The molecule has 0 fully saturated rings. The first-order valence-electron chi connectivity index (χ1n) is 3.78. The molecule has 0 bridgehead atoms. The highest BCUT2D eigenvalue weighted by molar-refractivity contribution is 9.12. The lowest BCUT2D eigenvalue weighted by molar-refractivity contribution is 0.227. The Kier molecular flexibility index (Phi) is 4.16. The first-order chi connectivity index (χ1) is 6.00. The zero-order chi connectivity index (χ0) is 10.0. The summed E-state index contributed by atoms with van der Waals surface area (Å²) in [7, 11) is 0. The van der Waals surface area contributed by atoms with Crippen LogP contribution < -0.4 is 0 Å². The van der Waals surface area contributed by atoms with Crippen molar-refractivity contribution in [2.24, 2.45) is 0 Å². The SMILES string of the molecule is CC(C)=CC(O)c1cc(Br)sc1Br. The third-order valence-corrected chi connectivity index (χ3v) is 3.88. The molecule has 0 aliphatic heterocycles. The Hall–Kier alpha value is 0.360. The topological polar surface area (TPSA) is 20.2 Å². The highest BCUT2D eigenvalue weighted by atomic mass is 79.9. The maximum Gasteiger partial charge on any atom is 0.0993 e. The number of halogens is 2. The maximum absolute atomic E-state index is 9.76. The minimum Gasteiger partial charge on any atom is -0.384 e. The van der Waals surface area contributed by atoms with Gasteiger partial charge in [-0.05, 0) is 51.8 Å². The van der Waals surface area contributed by atoms with Crippen LogP contribution >= 0.6 is 43.2 Å². The molecule has 0 aliphatic rings. The van der Waals surface area contributed by atoms with Crippen LogP contribution in [0.1, 0.15) is 25.5 Å². The van der Waals surface area contributed by atoms with E-state index in [1.54, 1.807) is 11.3 Å². The lowest BCUT2D eigenvalue weighted by Gasteiger charge is -2.04. The minimum atomic E-state index is -0.512. The van der Waals surface area contributed by atoms with Gasteiger partial charge in [-0.3, -0.25) is 0 Å². The molecule has 0 radical (unpaired) electrons. The fourth-order valence-electron chi connectivity index (χ4n) is 0.960. The number of aliphatic hydroxyl groups is 1. The first kappa shape index (κ1) is 11.4. The van der Waals surface area contributed by atoms with Gasteiger partial charge >= 0.3 is 0 Å². The molecule has 0 aromatic carbocycles. The number of thiophene rings is 1. The summed E-state index contributed by atoms with van der Waals surface area (Å²) in [6.45, 7) is 3.94. The Morgan fingerprint density at radius 3 is 2.54 bits per heavy atom. The van der Waals surface area contributed by atoms with E-state index in [1.807, 2.05) is 26.0 Å². The second-order valence-electron chi connectivity index (χ2n) is 2.97. The van der Waals surface area contributed by atoms with Crippen molar-refractivity contribution < 1.29 is 5.11 Å².